The molecule has 1 amide bonds. The lowest BCUT2D eigenvalue weighted by molar-refractivity contribution is 0.0694. The minimum Gasteiger partial charge on any atom is -0.447 e. The quantitative estimate of drug-likeness (QED) is 0.860. The average Bonchev–Trinajstić information content (AvgIpc) is 3.23. The van der Waals surface area contributed by atoms with Crippen LogP contribution in [0.5, 0.6) is 0 Å². The van der Waals surface area contributed by atoms with Gasteiger partial charge in [-0.15, -0.1) is 10.2 Å². The fourth-order valence-electron chi connectivity index (χ4n) is 3.29. The molecule has 130 valence electrons. The summed E-state index contributed by atoms with van der Waals surface area (Å²) >= 11 is 0. The number of oxazole rings is 1. The van der Waals surface area contributed by atoms with E-state index < -0.39 is 0 Å². The van der Waals surface area contributed by atoms with Crippen LogP contribution in [0, 0.1) is 0 Å². The van der Waals surface area contributed by atoms with E-state index in [0.717, 1.165) is 25.2 Å². The first-order valence-electron chi connectivity index (χ1n) is 8.61. The van der Waals surface area contributed by atoms with Crippen LogP contribution in [0.1, 0.15) is 80.5 Å². The van der Waals surface area contributed by atoms with Gasteiger partial charge < -0.3 is 13.9 Å². The maximum Gasteiger partial charge on any atom is 0.276 e. The first-order valence-corrected chi connectivity index (χ1v) is 8.61. The Bertz CT molecular complexity index is 703. The molecule has 24 heavy (non-hydrogen) atoms. The third kappa shape index (κ3) is 3.07. The zero-order valence-electron chi connectivity index (χ0n) is 14.8. The number of rotatable bonds is 4. The van der Waals surface area contributed by atoms with Gasteiger partial charge in [0.15, 0.2) is 12.1 Å². The summed E-state index contributed by atoms with van der Waals surface area (Å²) in [6.07, 6.45) is 5.11. The first kappa shape index (κ1) is 16.7. The van der Waals surface area contributed by atoms with Crippen molar-refractivity contribution >= 4 is 5.91 Å². The molecule has 1 unspecified atom stereocenters. The van der Waals surface area contributed by atoms with Gasteiger partial charge in [-0.3, -0.25) is 4.79 Å². The van der Waals surface area contributed by atoms with Crippen molar-refractivity contribution in [3.8, 4) is 0 Å². The maximum absolute atomic E-state index is 12.9. The summed E-state index contributed by atoms with van der Waals surface area (Å²) in [5.41, 5.74) is 0.441. The van der Waals surface area contributed by atoms with Crippen LogP contribution in [0.3, 0.4) is 0 Å². The molecule has 0 bridgehead atoms. The second-order valence-electron chi connectivity index (χ2n) is 7.00. The van der Waals surface area contributed by atoms with Crippen molar-refractivity contribution < 1.29 is 9.21 Å². The Balaban J connectivity index is 1.79. The predicted molar refractivity (Wildman–Crippen MR) is 88.9 cm³/mol. The van der Waals surface area contributed by atoms with Crippen LogP contribution in [0.15, 0.2) is 17.1 Å². The monoisotopic (exact) mass is 331 g/mol. The fraction of sp³-hybridized carbons (Fsp3) is 0.647. The lowest BCUT2D eigenvalue weighted by Crippen LogP contribution is -2.40. The lowest BCUT2D eigenvalue weighted by atomic mass is 9.96. The highest BCUT2D eigenvalue weighted by atomic mass is 16.3. The topological polar surface area (TPSA) is 77.1 Å². The summed E-state index contributed by atoms with van der Waals surface area (Å²) in [5, 5.41) is 8.36. The summed E-state index contributed by atoms with van der Waals surface area (Å²) in [6, 6.07) is 0.309. The van der Waals surface area contributed by atoms with E-state index in [1.807, 2.05) is 18.7 Å². The number of carbonyl (C=O) groups excluding carboxylic acids is 1. The SMILES string of the molecule is CC(C)c1ocnc1C(=O)N1CCCC(c2nncn2C(C)C)C1. The van der Waals surface area contributed by atoms with Crippen molar-refractivity contribution in [1.82, 2.24) is 24.6 Å². The largest absolute Gasteiger partial charge is 0.447 e. The molecule has 0 spiro atoms. The van der Waals surface area contributed by atoms with Gasteiger partial charge in [0.25, 0.3) is 5.91 Å². The molecule has 1 fully saturated rings. The lowest BCUT2D eigenvalue weighted by Gasteiger charge is -2.32. The molecule has 0 radical (unpaired) electrons. The Morgan fingerprint density at radius 3 is 2.83 bits per heavy atom. The second-order valence-corrected chi connectivity index (χ2v) is 7.00. The van der Waals surface area contributed by atoms with Crippen LogP contribution in [0.25, 0.3) is 0 Å². The van der Waals surface area contributed by atoms with Crippen LogP contribution >= 0.6 is 0 Å². The predicted octanol–water partition coefficient (Wildman–Crippen LogP) is 2.99. The van der Waals surface area contributed by atoms with Crippen molar-refractivity contribution in [3.05, 3.63) is 30.0 Å². The molecule has 3 heterocycles. The highest BCUT2D eigenvalue weighted by Crippen LogP contribution is 2.29. The number of hydrogen-bond donors (Lipinski definition) is 0. The van der Waals surface area contributed by atoms with E-state index >= 15 is 0 Å². The Labute approximate surface area is 142 Å². The average molecular weight is 331 g/mol. The number of piperidine rings is 1. The van der Waals surface area contributed by atoms with Gasteiger partial charge in [0.2, 0.25) is 0 Å². The van der Waals surface area contributed by atoms with Gasteiger partial charge in [-0.25, -0.2) is 4.98 Å². The minimum absolute atomic E-state index is 0.0484. The summed E-state index contributed by atoms with van der Waals surface area (Å²) in [6.45, 7) is 9.62. The van der Waals surface area contributed by atoms with Crippen LogP contribution < -0.4 is 0 Å². The molecule has 1 aliphatic heterocycles. The Morgan fingerprint density at radius 1 is 1.33 bits per heavy atom. The molecule has 3 rings (SSSR count). The number of aromatic nitrogens is 4. The van der Waals surface area contributed by atoms with Crippen molar-refractivity contribution in [3.63, 3.8) is 0 Å². The molecule has 0 aliphatic carbocycles. The zero-order valence-corrected chi connectivity index (χ0v) is 14.8. The number of nitrogens with zero attached hydrogens (tertiary/aromatic N) is 5. The molecule has 7 nitrogen and oxygen atoms in total. The van der Waals surface area contributed by atoms with Gasteiger partial charge in [-0.2, -0.15) is 0 Å². The van der Waals surface area contributed by atoms with Gasteiger partial charge in [0.1, 0.15) is 17.9 Å². The molecule has 2 aromatic rings. The Morgan fingerprint density at radius 2 is 2.12 bits per heavy atom. The molecule has 2 aromatic heterocycles. The molecule has 1 atom stereocenters. The van der Waals surface area contributed by atoms with E-state index in [4.69, 9.17) is 4.42 Å². The van der Waals surface area contributed by atoms with Crippen LogP contribution in [-0.4, -0.2) is 43.6 Å². The molecule has 0 aromatic carbocycles. The third-order valence-corrected chi connectivity index (χ3v) is 4.55. The standard InChI is InChI=1S/C17H25N5O2/c1-11(2)15-14(18-10-24-15)17(23)21-7-5-6-13(8-21)16-20-19-9-22(16)12(3)4/h9-13H,5-8H2,1-4H3. The highest BCUT2D eigenvalue weighted by molar-refractivity contribution is 5.93. The Hall–Kier alpha value is -2.18. The number of carbonyl (C=O) groups is 1. The molecular weight excluding hydrogens is 306 g/mol. The van der Waals surface area contributed by atoms with E-state index in [-0.39, 0.29) is 17.7 Å². The van der Waals surface area contributed by atoms with E-state index in [2.05, 4.69) is 33.6 Å². The van der Waals surface area contributed by atoms with E-state index in [9.17, 15) is 4.79 Å². The van der Waals surface area contributed by atoms with Crippen LogP contribution in [-0.2, 0) is 0 Å². The van der Waals surface area contributed by atoms with Gasteiger partial charge in [0, 0.05) is 31.0 Å². The van der Waals surface area contributed by atoms with Gasteiger partial charge >= 0.3 is 0 Å². The summed E-state index contributed by atoms with van der Waals surface area (Å²) in [7, 11) is 0. The van der Waals surface area contributed by atoms with Crippen LogP contribution in [0.2, 0.25) is 0 Å². The number of likely N-dealkylation sites (tertiary alicyclic amines) is 1. The first-order chi connectivity index (χ1) is 11.5. The highest BCUT2D eigenvalue weighted by Gasteiger charge is 2.31. The second kappa shape index (κ2) is 6.75. The van der Waals surface area contributed by atoms with Crippen LogP contribution in [0.4, 0.5) is 0 Å². The van der Waals surface area contributed by atoms with Crippen molar-refractivity contribution in [1.29, 1.82) is 0 Å². The summed E-state index contributed by atoms with van der Waals surface area (Å²) in [5.74, 6) is 1.92. The maximum atomic E-state index is 12.9. The van der Waals surface area contributed by atoms with Crippen molar-refractivity contribution in [2.45, 2.75) is 58.4 Å². The van der Waals surface area contributed by atoms with Crippen molar-refractivity contribution in [2.24, 2.45) is 0 Å². The fourth-order valence-corrected chi connectivity index (χ4v) is 3.29. The van der Waals surface area contributed by atoms with Gasteiger partial charge in [-0.05, 0) is 26.7 Å². The smallest absolute Gasteiger partial charge is 0.276 e. The molecular formula is C17H25N5O2. The van der Waals surface area contributed by atoms with E-state index in [1.54, 1.807) is 6.33 Å². The third-order valence-electron chi connectivity index (χ3n) is 4.55. The molecule has 0 N–H and O–H groups in total. The number of hydrogen-bond acceptors (Lipinski definition) is 5. The van der Waals surface area contributed by atoms with E-state index in [0.29, 0.717) is 24.0 Å². The number of amides is 1. The van der Waals surface area contributed by atoms with Gasteiger partial charge in [-0.1, -0.05) is 13.8 Å². The zero-order chi connectivity index (χ0) is 17.3. The molecule has 1 saturated heterocycles. The minimum atomic E-state index is -0.0484. The molecule has 1 aliphatic rings. The summed E-state index contributed by atoms with van der Waals surface area (Å²) < 4.78 is 7.49. The van der Waals surface area contributed by atoms with Crippen molar-refractivity contribution in [2.75, 3.05) is 13.1 Å². The summed E-state index contributed by atoms with van der Waals surface area (Å²) in [4.78, 5) is 18.9. The normalized spacial score (nSPS) is 18.6. The molecule has 0 saturated carbocycles. The van der Waals surface area contributed by atoms with Gasteiger partial charge in [0.05, 0.1) is 0 Å². The van der Waals surface area contributed by atoms with E-state index in [1.165, 1.54) is 6.39 Å². The Kier molecular flexibility index (Phi) is 4.69. The molecule has 7 heteroatoms.